The van der Waals surface area contributed by atoms with Crippen LogP contribution < -0.4 is 14.8 Å². The summed E-state index contributed by atoms with van der Waals surface area (Å²) in [7, 11) is 3.18. The average Bonchev–Trinajstić information content (AvgIpc) is 2.95. The van der Waals surface area contributed by atoms with Crippen LogP contribution in [0, 0.1) is 5.92 Å². The first-order valence-electron chi connectivity index (χ1n) is 12.1. The minimum absolute atomic E-state index is 0.283. The number of carbonyl (C=O) groups excluding carboxylic acids is 4. The van der Waals surface area contributed by atoms with Crippen LogP contribution in [0.3, 0.4) is 0 Å². The minimum atomic E-state index is -0.689. The summed E-state index contributed by atoms with van der Waals surface area (Å²) in [4.78, 5) is 46.7. The van der Waals surface area contributed by atoms with E-state index in [2.05, 4.69) is 10.3 Å². The summed E-state index contributed by atoms with van der Waals surface area (Å²) in [5.74, 6) is 0.138. The fourth-order valence-electron chi connectivity index (χ4n) is 2.56. The van der Waals surface area contributed by atoms with Crippen molar-refractivity contribution >= 4 is 42.1 Å². The molecule has 2 aromatic carbocycles. The molecule has 10 nitrogen and oxygen atoms in total. The molecule has 0 aromatic heterocycles. The molecule has 0 aliphatic carbocycles. The van der Waals surface area contributed by atoms with Crippen molar-refractivity contribution in [3.8, 4) is 11.5 Å². The van der Waals surface area contributed by atoms with Crippen molar-refractivity contribution in [2.45, 2.75) is 40.2 Å². The van der Waals surface area contributed by atoms with Crippen LogP contribution in [0.4, 0.5) is 11.4 Å². The number of esters is 2. The Labute approximate surface area is 224 Å². The second-order valence-electron chi connectivity index (χ2n) is 7.38. The van der Waals surface area contributed by atoms with Gasteiger partial charge in [-0.3, -0.25) is 0 Å². The number of hydrogen-bond donors (Lipinski definition) is 1. The lowest BCUT2D eigenvalue weighted by atomic mass is 10.0. The number of anilines is 1. The van der Waals surface area contributed by atoms with Gasteiger partial charge >= 0.3 is 11.9 Å². The maximum Gasteiger partial charge on any atom is 0.349 e. The highest BCUT2D eigenvalue weighted by molar-refractivity contribution is 6.23. The van der Waals surface area contributed by atoms with Gasteiger partial charge in [-0.25, -0.2) is 14.6 Å². The number of aldehydes is 2. The number of aliphatic imine (C=N–C) groups is 1. The SMILES string of the molecule is CCC=O.CCOC(=O)C=Nc1ccc(OC)cc1.CCOC(=O)[C@@H](Nc1ccc(OC)cc1)[C@@H](C)C=O. The molecule has 0 bridgehead atoms. The summed E-state index contributed by atoms with van der Waals surface area (Å²) >= 11 is 0. The van der Waals surface area contributed by atoms with Crippen LogP contribution in [0.2, 0.25) is 0 Å². The molecule has 2 atom stereocenters. The first-order valence-corrected chi connectivity index (χ1v) is 12.1. The molecule has 0 radical (unpaired) electrons. The third kappa shape index (κ3) is 14.4. The molecule has 0 spiro atoms. The Morgan fingerprint density at radius 3 is 1.79 bits per heavy atom. The van der Waals surface area contributed by atoms with Crippen LogP contribution in [0.5, 0.6) is 11.5 Å². The number of rotatable bonds is 12. The highest BCUT2D eigenvalue weighted by atomic mass is 16.5. The van der Waals surface area contributed by atoms with Gasteiger partial charge in [-0.2, -0.15) is 0 Å². The molecule has 0 saturated carbocycles. The van der Waals surface area contributed by atoms with Crippen molar-refractivity contribution in [2.24, 2.45) is 10.9 Å². The molecule has 2 rings (SSSR count). The summed E-state index contributed by atoms with van der Waals surface area (Å²) in [6.45, 7) is 7.60. The fourth-order valence-corrected chi connectivity index (χ4v) is 2.56. The van der Waals surface area contributed by atoms with Gasteiger partial charge in [-0.05, 0) is 62.4 Å². The maximum absolute atomic E-state index is 11.8. The zero-order chi connectivity index (χ0) is 28.8. The van der Waals surface area contributed by atoms with Crippen molar-refractivity contribution in [1.29, 1.82) is 0 Å². The van der Waals surface area contributed by atoms with Crippen LogP contribution in [0.25, 0.3) is 0 Å². The predicted molar refractivity (Wildman–Crippen MR) is 146 cm³/mol. The van der Waals surface area contributed by atoms with Crippen molar-refractivity contribution in [3.63, 3.8) is 0 Å². The molecule has 208 valence electrons. The molecular formula is C28H38N2O8. The van der Waals surface area contributed by atoms with Crippen LogP contribution >= 0.6 is 0 Å². The summed E-state index contributed by atoms with van der Waals surface area (Å²) < 4.78 is 19.7. The van der Waals surface area contributed by atoms with Gasteiger partial charge in [0, 0.05) is 18.0 Å². The van der Waals surface area contributed by atoms with E-state index in [9.17, 15) is 19.2 Å². The fraction of sp³-hybridized carbons (Fsp3) is 0.393. The highest BCUT2D eigenvalue weighted by Gasteiger charge is 2.26. The van der Waals surface area contributed by atoms with Gasteiger partial charge in [0.1, 0.15) is 36.3 Å². The Kier molecular flexibility index (Phi) is 18.6. The molecule has 0 saturated heterocycles. The summed E-state index contributed by atoms with van der Waals surface area (Å²) in [5.41, 5.74) is 1.41. The standard InChI is InChI=1S/C14H19NO4.C11H13NO3.C3H6O/c1-4-19-14(17)13(10(2)9-16)15-11-5-7-12(18-3)8-6-11;1-3-15-11(13)8-12-9-4-6-10(14-2)7-5-9;1-2-3-4/h5-10,13,15H,4H2,1-3H3;4-8H,3H2,1-2H3;3H,2H2,1H3/t10-,13-;;/m0../s1. The lowest BCUT2D eigenvalue weighted by Crippen LogP contribution is -2.37. The third-order valence-corrected chi connectivity index (χ3v) is 4.54. The Morgan fingerprint density at radius 2 is 1.37 bits per heavy atom. The Morgan fingerprint density at radius 1 is 0.868 bits per heavy atom. The molecular weight excluding hydrogens is 492 g/mol. The van der Waals surface area contributed by atoms with Gasteiger partial charge in [0.25, 0.3) is 0 Å². The van der Waals surface area contributed by atoms with E-state index in [4.69, 9.17) is 18.9 Å². The van der Waals surface area contributed by atoms with Gasteiger partial charge in [0.05, 0.1) is 33.1 Å². The van der Waals surface area contributed by atoms with Crippen LogP contribution in [-0.2, 0) is 28.7 Å². The van der Waals surface area contributed by atoms with E-state index < -0.39 is 23.9 Å². The smallest absolute Gasteiger partial charge is 0.349 e. The second kappa shape index (κ2) is 20.9. The number of ether oxygens (including phenoxy) is 4. The zero-order valence-corrected chi connectivity index (χ0v) is 22.8. The molecule has 38 heavy (non-hydrogen) atoms. The lowest BCUT2D eigenvalue weighted by Gasteiger charge is -2.20. The van der Waals surface area contributed by atoms with Crippen molar-refractivity contribution in [2.75, 3.05) is 32.8 Å². The lowest BCUT2D eigenvalue weighted by molar-refractivity contribution is -0.146. The maximum atomic E-state index is 11.8. The van der Waals surface area contributed by atoms with E-state index in [1.807, 2.05) is 6.92 Å². The monoisotopic (exact) mass is 530 g/mol. The van der Waals surface area contributed by atoms with Gasteiger partial charge in [-0.15, -0.1) is 0 Å². The Hall–Kier alpha value is -4.21. The number of methoxy groups -OCH3 is 2. The topological polar surface area (TPSA) is 130 Å². The van der Waals surface area contributed by atoms with Gasteiger partial charge in [0.2, 0.25) is 0 Å². The first-order chi connectivity index (χ1) is 18.3. The first kappa shape index (κ1) is 33.8. The second-order valence-corrected chi connectivity index (χ2v) is 7.38. The highest BCUT2D eigenvalue weighted by Crippen LogP contribution is 2.18. The third-order valence-electron chi connectivity index (χ3n) is 4.54. The molecule has 0 unspecified atom stereocenters. The van der Waals surface area contributed by atoms with Gasteiger partial charge < -0.3 is 33.9 Å². The van der Waals surface area contributed by atoms with Crippen molar-refractivity contribution in [3.05, 3.63) is 48.5 Å². The van der Waals surface area contributed by atoms with Gasteiger partial charge in [0.15, 0.2) is 0 Å². The average molecular weight is 531 g/mol. The number of nitrogens with zero attached hydrogens (tertiary/aromatic N) is 1. The van der Waals surface area contributed by atoms with E-state index in [0.717, 1.165) is 36.0 Å². The molecule has 0 fully saturated rings. The van der Waals surface area contributed by atoms with E-state index in [1.165, 1.54) is 0 Å². The zero-order valence-electron chi connectivity index (χ0n) is 22.8. The molecule has 0 heterocycles. The molecule has 1 N–H and O–H groups in total. The Balaban J connectivity index is 0.000000644. The van der Waals surface area contributed by atoms with E-state index in [0.29, 0.717) is 18.7 Å². The molecule has 10 heteroatoms. The summed E-state index contributed by atoms with van der Waals surface area (Å²) in [5, 5.41) is 3.00. The number of benzene rings is 2. The Bertz CT molecular complexity index is 975. The van der Waals surface area contributed by atoms with Crippen molar-refractivity contribution in [1.82, 2.24) is 0 Å². The van der Waals surface area contributed by atoms with Crippen LogP contribution in [0.15, 0.2) is 53.5 Å². The quantitative estimate of drug-likeness (QED) is 0.241. The minimum Gasteiger partial charge on any atom is -0.497 e. The normalized spacial score (nSPS) is 11.3. The molecule has 0 amide bonds. The summed E-state index contributed by atoms with van der Waals surface area (Å²) in [6.07, 6.45) is 3.41. The predicted octanol–water partition coefficient (Wildman–Crippen LogP) is 4.43. The van der Waals surface area contributed by atoms with Crippen LogP contribution in [0.1, 0.15) is 34.1 Å². The van der Waals surface area contributed by atoms with Crippen molar-refractivity contribution < 1.29 is 38.1 Å². The van der Waals surface area contributed by atoms with E-state index in [-0.39, 0.29) is 6.61 Å². The molecule has 0 aliphatic rings. The largest absolute Gasteiger partial charge is 0.497 e. The molecule has 2 aromatic rings. The number of hydrogen-bond acceptors (Lipinski definition) is 10. The summed E-state index contributed by atoms with van der Waals surface area (Å²) in [6, 6.07) is 13.5. The van der Waals surface area contributed by atoms with Crippen LogP contribution in [-0.4, -0.2) is 64.2 Å². The number of carbonyl (C=O) groups is 4. The van der Waals surface area contributed by atoms with E-state index in [1.54, 1.807) is 83.5 Å². The van der Waals surface area contributed by atoms with E-state index >= 15 is 0 Å². The van der Waals surface area contributed by atoms with Gasteiger partial charge in [-0.1, -0.05) is 13.8 Å². The molecule has 0 aliphatic heterocycles. The number of nitrogens with one attached hydrogen (secondary N) is 1.